The average molecular weight is 421 g/mol. The molecule has 3 atom stereocenters. The van der Waals surface area contributed by atoms with Crippen molar-refractivity contribution in [2.45, 2.75) is 57.8 Å². The highest BCUT2D eigenvalue weighted by Crippen LogP contribution is 2.31. The van der Waals surface area contributed by atoms with Gasteiger partial charge in [-0.3, -0.25) is 0 Å². The molecule has 5 nitrogen and oxygen atoms in total. The van der Waals surface area contributed by atoms with E-state index < -0.39 is 6.61 Å². The molecule has 3 rings (SSSR count). The molecule has 2 fully saturated rings. The van der Waals surface area contributed by atoms with E-state index in [-0.39, 0.29) is 18.2 Å². The summed E-state index contributed by atoms with van der Waals surface area (Å²) in [5.74, 6) is 1.23. The van der Waals surface area contributed by atoms with E-state index in [4.69, 9.17) is 14.2 Å². The molecule has 0 bridgehead atoms. The molecule has 28 heavy (non-hydrogen) atoms. The Bertz CT molecular complexity index is 589. The first-order chi connectivity index (χ1) is 13.2. The van der Waals surface area contributed by atoms with E-state index in [2.05, 4.69) is 10.6 Å². The van der Waals surface area contributed by atoms with E-state index in [9.17, 15) is 8.78 Å². The maximum atomic E-state index is 12.8. The van der Waals surface area contributed by atoms with Gasteiger partial charge in [0, 0.05) is 36.8 Å². The van der Waals surface area contributed by atoms with Crippen molar-refractivity contribution in [3.8, 4) is 11.5 Å². The molecular weight excluding hydrogens is 390 g/mol. The Labute approximate surface area is 171 Å². The summed E-state index contributed by atoms with van der Waals surface area (Å²) in [6.45, 7) is 2.58. The summed E-state index contributed by atoms with van der Waals surface area (Å²) in [4.78, 5) is 0. The fourth-order valence-electron chi connectivity index (χ4n) is 4.02. The molecule has 1 aromatic rings. The molecule has 1 aliphatic carbocycles. The van der Waals surface area contributed by atoms with Crippen LogP contribution in [0.5, 0.6) is 11.5 Å². The Kier molecular flexibility index (Phi) is 9.71. The zero-order valence-corrected chi connectivity index (χ0v) is 17.1. The van der Waals surface area contributed by atoms with Crippen LogP contribution in [0.1, 0.15) is 38.2 Å². The number of benzene rings is 1. The average Bonchev–Trinajstić information content (AvgIpc) is 3.14. The first kappa shape index (κ1) is 23.1. The number of alkyl halides is 2. The highest BCUT2D eigenvalue weighted by Gasteiger charge is 2.34. The highest BCUT2D eigenvalue weighted by atomic mass is 35.5. The van der Waals surface area contributed by atoms with Gasteiger partial charge in [0.25, 0.3) is 0 Å². The first-order valence-electron chi connectivity index (χ1n) is 9.92. The summed E-state index contributed by atoms with van der Waals surface area (Å²) in [6, 6.07) is 5.89. The van der Waals surface area contributed by atoms with Crippen LogP contribution in [0.3, 0.4) is 0 Å². The quantitative estimate of drug-likeness (QED) is 0.637. The van der Waals surface area contributed by atoms with Crippen molar-refractivity contribution in [1.82, 2.24) is 10.6 Å². The maximum Gasteiger partial charge on any atom is 0.387 e. The van der Waals surface area contributed by atoms with Crippen LogP contribution < -0.4 is 20.1 Å². The highest BCUT2D eigenvalue weighted by molar-refractivity contribution is 5.85. The molecule has 8 heteroatoms. The van der Waals surface area contributed by atoms with Crippen molar-refractivity contribution in [3.63, 3.8) is 0 Å². The zero-order valence-electron chi connectivity index (χ0n) is 16.3. The lowest BCUT2D eigenvalue weighted by atomic mass is 9.94. The van der Waals surface area contributed by atoms with Crippen molar-refractivity contribution >= 4 is 12.4 Å². The third-order valence-electron chi connectivity index (χ3n) is 5.32. The van der Waals surface area contributed by atoms with E-state index in [0.29, 0.717) is 36.9 Å². The van der Waals surface area contributed by atoms with Crippen LogP contribution in [0.2, 0.25) is 0 Å². The molecule has 0 amide bonds. The molecule has 160 valence electrons. The van der Waals surface area contributed by atoms with Gasteiger partial charge in [-0.2, -0.15) is 8.78 Å². The van der Waals surface area contributed by atoms with Crippen LogP contribution in [0.15, 0.2) is 18.2 Å². The normalized spacial score (nSPS) is 24.8. The van der Waals surface area contributed by atoms with Gasteiger partial charge in [-0.05, 0) is 31.2 Å². The number of rotatable bonds is 9. The molecule has 1 heterocycles. The molecular formula is C20H31ClF2N2O3. The Morgan fingerprint density at radius 1 is 1.32 bits per heavy atom. The van der Waals surface area contributed by atoms with Crippen LogP contribution in [0, 0.1) is 5.92 Å². The topological polar surface area (TPSA) is 51.8 Å². The van der Waals surface area contributed by atoms with E-state index >= 15 is 0 Å². The number of halogens is 3. The second kappa shape index (κ2) is 11.8. The SMILES string of the molecule is CCCOc1ccc(CNC2CCCC2C2COCCN2)c(OC(F)F)c1.Cl. The smallest absolute Gasteiger partial charge is 0.387 e. The van der Waals surface area contributed by atoms with Gasteiger partial charge < -0.3 is 24.8 Å². The molecule has 1 saturated heterocycles. The Morgan fingerprint density at radius 2 is 2.18 bits per heavy atom. The lowest BCUT2D eigenvalue weighted by Crippen LogP contribution is -2.50. The summed E-state index contributed by atoms with van der Waals surface area (Å²) >= 11 is 0. The molecule has 1 aliphatic heterocycles. The number of ether oxygens (including phenoxy) is 3. The number of hydrogen-bond donors (Lipinski definition) is 2. The van der Waals surface area contributed by atoms with Crippen molar-refractivity contribution in [3.05, 3.63) is 23.8 Å². The van der Waals surface area contributed by atoms with E-state index in [1.165, 1.54) is 6.42 Å². The molecule has 1 aromatic carbocycles. The van der Waals surface area contributed by atoms with Crippen LogP contribution in [0.25, 0.3) is 0 Å². The van der Waals surface area contributed by atoms with Gasteiger partial charge in [0.15, 0.2) is 0 Å². The number of hydrogen-bond acceptors (Lipinski definition) is 5. The monoisotopic (exact) mass is 420 g/mol. The minimum atomic E-state index is -2.85. The lowest BCUT2D eigenvalue weighted by molar-refractivity contribution is -0.0506. The van der Waals surface area contributed by atoms with Crippen LogP contribution in [-0.4, -0.2) is 45.1 Å². The summed E-state index contributed by atoms with van der Waals surface area (Å²) < 4.78 is 41.5. The standard InChI is InChI=1S/C20H30F2N2O3.ClH/c1-2-9-26-15-7-6-14(19(11-15)27-20(21)22)12-24-17-5-3-4-16(17)18-13-25-10-8-23-18;/h6-7,11,16-18,20,23-24H,2-5,8-10,12-13H2,1H3;1H. The molecule has 0 aromatic heterocycles. The fraction of sp³-hybridized carbons (Fsp3) is 0.700. The fourth-order valence-corrected chi connectivity index (χ4v) is 4.02. The lowest BCUT2D eigenvalue weighted by Gasteiger charge is -2.33. The minimum absolute atomic E-state index is 0. The maximum absolute atomic E-state index is 12.8. The Morgan fingerprint density at radius 3 is 2.89 bits per heavy atom. The van der Waals surface area contributed by atoms with Gasteiger partial charge in [0.05, 0.1) is 19.8 Å². The molecule has 0 radical (unpaired) electrons. The second-order valence-corrected chi connectivity index (χ2v) is 7.21. The van der Waals surface area contributed by atoms with Gasteiger partial charge in [0.2, 0.25) is 0 Å². The van der Waals surface area contributed by atoms with Gasteiger partial charge >= 0.3 is 6.61 Å². The van der Waals surface area contributed by atoms with Crippen LogP contribution >= 0.6 is 12.4 Å². The van der Waals surface area contributed by atoms with E-state index in [1.807, 2.05) is 19.1 Å². The van der Waals surface area contributed by atoms with E-state index in [1.54, 1.807) is 6.07 Å². The number of morpholine rings is 1. The second-order valence-electron chi connectivity index (χ2n) is 7.21. The predicted molar refractivity (Wildman–Crippen MR) is 107 cm³/mol. The van der Waals surface area contributed by atoms with Crippen molar-refractivity contribution < 1.29 is 23.0 Å². The molecule has 1 saturated carbocycles. The molecule has 2 aliphatic rings. The van der Waals surface area contributed by atoms with Gasteiger partial charge in [0.1, 0.15) is 11.5 Å². The van der Waals surface area contributed by atoms with Gasteiger partial charge in [-0.15, -0.1) is 12.4 Å². The zero-order chi connectivity index (χ0) is 19.1. The third-order valence-corrected chi connectivity index (χ3v) is 5.32. The molecule has 0 spiro atoms. The summed E-state index contributed by atoms with van der Waals surface area (Å²) in [7, 11) is 0. The minimum Gasteiger partial charge on any atom is -0.493 e. The van der Waals surface area contributed by atoms with Crippen molar-refractivity contribution in [2.24, 2.45) is 5.92 Å². The summed E-state index contributed by atoms with van der Waals surface area (Å²) in [5, 5.41) is 7.11. The van der Waals surface area contributed by atoms with E-state index in [0.717, 1.165) is 44.6 Å². The summed E-state index contributed by atoms with van der Waals surface area (Å²) in [6.07, 6.45) is 4.27. The van der Waals surface area contributed by atoms with Gasteiger partial charge in [-0.1, -0.05) is 19.4 Å². The Balaban J connectivity index is 0.00000280. The molecule has 2 N–H and O–H groups in total. The van der Waals surface area contributed by atoms with Crippen LogP contribution in [0.4, 0.5) is 8.78 Å². The van der Waals surface area contributed by atoms with Gasteiger partial charge in [-0.25, -0.2) is 0 Å². The predicted octanol–water partition coefficient (Wildman–Crippen LogP) is 3.75. The van der Waals surface area contributed by atoms with Crippen LogP contribution in [-0.2, 0) is 11.3 Å². The summed E-state index contributed by atoms with van der Waals surface area (Å²) in [5.41, 5.74) is 0.720. The third kappa shape index (κ3) is 6.44. The number of nitrogens with one attached hydrogen (secondary N) is 2. The first-order valence-corrected chi connectivity index (χ1v) is 9.92. The Hall–Kier alpha value is -1.15. The van der Waals surface area contributed by atoms with Crippen molar-refractivity contribution in [2.75, 3.05) is 26.4 Å². The molecule has 3 unspecified atom stereocenters. The van der Waals surface area contributed by atoms with Crippen molar-refractivity contribution in [1.29, 1.82) is 0 Å². The largest absolute Gasteiger partial charge is 0.493 e.